The van der Waals surface area contributed by atoms with Crippen LogP contribution in [0.1, 0.15) is 22.6 Å². The fourth-order valence-electron chi connectivity index (χ4n) is 3.27. The quantitative estimate of drug-likeness (QED) is 0.494. The molecule has 164 valence electrons. The van der Waals surface area contributed by atoms with Crippen LogP contribution >= 0.6 is 11.8 Å². The van der Waals surface area contributed by atoms with Crippen LogP contribution in [0.3, 0.4) is 0 Å². The number of ether oxygens (including phenoxy) is 2. The van der Waals surface area contributed by atoms with Gasteiger partial charge in [0.15, 0.2) is 5.17 Å². The molecule has 0 N–H and O–H groups in total. The summed E-state index contributed by atoms with van der Waals surface area (Å²) in [5.41, 5.74) is 3.75. The van der Waals surface area contributed by atoms with Crippen LogP contribution in [-0.4, -0.2) is 30.5 Å². The lowest BCUT2D eigenvalue weighted by atomic mass is 10.2. The van der Waals surface area contributed by atoms with Crippen molar-refractivity contribution in [2.45, 2.75) is 19.6 Å². The van der Waals surface area contributed by atoms with Gasteiger partial charge in [-0.1, -0.05) is 35.1 Å². The number of anilines is 1. The molecule has 3 aromatic rings. The van der Waals surface area contributed by atoms with E-state index >= 15 is 0 Å². The van der Waals surface area contributed by atoms with E-state index in [1.807, 2.05) is 62.4 Å². The predicted molar refractivity (Wildman–Crippen MR) is 126 cm³/mol. The first-order chi connectivity index (χ1) is 15.5. The van der Waals surface area contributed by atoms with E-state index in [9.17, 15) is 4.79 Å². The summed E-state index contributed by atoms with van der Waals surface area (Å²) in [5.74, 6) is 2.57. The maximum Gasteiger partial charge on any atom is 0.283 e. The third kappa shape index (κ3) is 4.40. The molecule has 1 aliphatic rings. The molecule has 2 heterocycles. The fraction of sp³-hybridized carbons (Fsp3) is 0.208. The summed E-state index contributed by atoms with van der Waals surface area (Å²) in [5, 5.41) is 4.60. The normalized spacial score (nSPS) is 14.8. The van der Waals surface area contributed by atoms with Gasteiger partial charge in [0.05, 0.1) is 25.6 Å². The SMILES string of the molecule is COc1ccc(C=C2N=C(SCc3c(C)noc3C)N(c3cccc(OC)c3)C2=O)cc1. The van der Waals surface area contributed by atoms with E-state index in [-0.39, 0.29) is 5.91 Å². The average molecular weight is 450 g/mol. The number of aliphatic imine (C=N–C) groups is 1. The van der Waals surface area contributed by atoms with Gasteiger partial charge in [-0.3, -0.25) is 9.69 Å². The van der Waals surface area contributed by atoms with Gasteiger partial charge >= 0.3 is 0 Å². The summed E-state index contributed by atoms with van der Waals surface area (Å²) in [4.78, 5) is 19.7. The van der Waals surface area contributed by atoms with Gasteiger partial charge < -0.3 is 14.0 Å². The largest absolute Gasteiger partial charge is 0.497 e. The first-order valence-corrected chi connectivity index (χ1v) is 11.0. The van der Waals surface area contributed by atoms with Gasteiger partial charge in [0, 0.05) is 17.4 Å². The van der Waals surface area contributed by atoms with E-state index in [0.29, 0.717) is 28.1 Å². The van der Waals surface area contributed by atoms with Gasteiger partial charge in [-0.15, -0.1) is 0 Å². The Bertz CT molecular complexity index is 1180. The average Bonchev–Trinajstić information content (AvgIpc) is 3.30. The van der Waals surface area contributed by atoms with Gasteiger partial charge in [-0.2, -0.15) is 0 Å². The number of carbonyl (C=O) groups is 1. The molecule has 1 aromatic heterocycles. The van der Waals surface area contributed by atoms with Crippen molar-refractivity contribution in [2.75, 3.05) is 19.1 Å². The Balaban J connectivity index is 1.68. The molecule has 0 spiro atoms. The monoisotopic (exact) mass is 449 g/mol. The van der Waals surface area contributed by atoms with Crippen molar-refractivity contribution >= 4 is 34.6 Å². The summed E-state index contributed by atoms with van der Waals surface area (Å²) >= 11 is 1.46. The molecule has 0 unspecified atom stereocenters. The van der Waals surface area contributed by atoms with Crippen LogP contribution in [0.5, 0.6) is 11.5 Å². The molecule has 1 aliphatic heterocycles. The minimum atomic E-state index is -0.199. The molecule has 0 saturated carbocycles. The molecule has 32 heavy (non-hydrogen) atoms. The number of hydrogen-bond acceptors (Lipinski definition) is 7. The second kappa shape index (κ2) is 9.32. The van der Waals surface area contributed by atoms with Crippen molar-refractivity contribution in [3.63, 3.8) is 0 Å². The third-order valence-corrected chi connectivity index (χ3v) is 6.05. The third-order valence-electron chi connectivity index (χ3n) is 5.09. The van der Waals surface area contributed by atoms with E-state index < -0.39 is 0 Å². The van der Waals surface area contributed by atoms with E-state index in [1.165, 1.54) is 11.8 Å². The smallest absolute Gasteiger partial charge is 0.283 e. The van der Waals surface area contributed by atoms with Crippen LogP contribution in [0.4, 0.5) is 5.69 Å². The number of benzene rings is 2. The zero-order valence-corrected chi connectivity index (χ0v) is 19.1. The molecule has 7 nitrogen and oxygen atoms in total. The molecule has 0 aliphatic carbocycles. The highest BCUT2D eigenvalue weighted by Crippen LogP contribution is 2.33. The van der Waals surface area contributed by atoms with Gasteiger partial charge in [0.25, 0.3) is 5.91 Å². The van der Waals surface area contributed by atoms with Crippen molar-refractivity contribution < 1.29 is 18.8 Å². The lowest BCUT2D eigenvalue weighted by Gasteiger charge is -2.18. The predicted octanol–water partition coefficient (Wildman–Crippen LogP) is 4.99. The van der Waals surface area contributed by atoms with Crippen LogP contribution in [0.25, 0.3) is 6.08 Å². The molecule has 1 amide bonds. The Hall–Kier alpha value is -3.52. The standard InChI is InChI=1S/C24H23N3O4S/c1-15-21(16(2)31-26-15)14-32-24-25-22(12-17-8-10-19(29-3)11-9-17)23(28)27(24)18-6-5-7-20(13-18)30-4/h5-13H,14H2,1-4H3. The lowest BCUT2D eigenvalue weighted by molar-refractivity contribution is -0.113. The number of amidine groups is 1. The Kier molecular flexibility index (Phi) is 6.32. The van der Waals surface area contributed by atoms with E-state index in [4.69, 9.17) is 14.0 Å². The molecule has 0 saturated heterocycles. The second-order valence-corrected chi connectivity index (χ2v) is 8.07. The summed E-state index contributed by atoms with van der Waals surface area (Å²) in [6.45, 7) is 3.79. The molecule has 8 heteroatoms. The van der Waals surface area contributed by atoms with Crippen LogP contribution in [0, 0.1) is 13.8 Å². The van der Waals surface area contributed by atoms with Crippen LogP contribution < -0.4 is 14.4 Å². The van der Waals surface area contributed by atoms with Crippen molar-refractivity contribution in [1.82, 2.24) is 5.16 Å². The molecule has 4 rings (SSSR count). The number of nitrogens with zero attached hydrogens (tertiary/aromatic N) is 3. The van der Waals surface area contributed by atoms with E-state index in [2.05, 4.69) is 10.1 Å². The molecule has 0 radical (unpaired) electrons. The van der Waals surface area contributed by atoms with E-state index in [1.54, 1.807) is 25.2 Å². The first kappa shape index (κ1) is 21.7. The van der Waals surface area contributed by atoms with Crippen molar-refractivity contribution in [1.29, 1.82) is 0 Å². The number of rotatable bonds is 6. The van der Waals surface area contributed by atoms with Crippen molar-refractivity contribution in [3.8, 4) is 11.5 Å². The van der Waals surface area contributed by atoms with Gasteiger partial charge in [-0.25, -0.2) is 4.99 Å². The van der Waals surface area contributed by atoms with Crippen LogP contribution in [0.15, 0.2) is 63.7 Å². The molecular formula is C24H23N3O4S. The summed E-state index contributed by atoms with van der Waals surface area (Å²) in [6.07, 6.45) is 1.78. The Morgan fingerprint density at radius 1 is 1.06 bits per heavy atom. The zero-order valence-electron chi connectivity index (χ0n) is 18.3. The Morgan fingerprint density at radius 2 is 1.81 bits per heavy atom. The molecule has 2 aromatic carbocycles. The van der Waals surface area contributed by atoms with Crippen LogP contribution in [0.2, 0.25) is 0 Å². The molecular weight excluding hydrogens is 426 g/mol. The van der Waals surface area contributed by atoms with Gasteiger partial charge in [0.1, 0.15) is 23.0 Å². The van der Waals surface area contributed by atoms with Crippen molar-refractivity contribution in [3.05, 3.63) is 76.8 Å². The fourth-order valence-corrected chi connectivity index (χ4v) is 4.44. The number of methoxy groups -OCH3 is 2. The van der Waals surface area contributed by atoms with E-state index in [0.717, 1.165) is 28.3 Å². The minimum absolute atomic E-state index is 0.199. The second-order valence-electron chi connectivity index (χ2n) is 7.13. The summed E-state index contributed by atoms with van der Waals surface area (Å²) in [7, 11) is 3.22. The molecule has 0 fully saturated rings. The number of hydrogen-bond donors (Lipinski definition) is 0. The van der Waals surface area contributed by atoms with Gasteiger partial charge in [0.2, 0.25) is 0 Å². The molecule has 0 atom stereocenters. The summed E-state index contributed by atoms with van der Waals surface area (Å²) in [6, 6.07) is 14.8. The highest BCUT2D eigenvalue weighted by atomic mass is 32.2. The maximum atomic E-state index is 13.4. The number of thioether (sulfide) groups is 1. The lowest BCUT2D eigenvalue weighted by Crippen LogP contribution is -2.30. The number of aromatic nitrogens is 1. The topological polar surface area (TPSA) is 77.2 Å². The van der Waals surface area contributed by atoms with Gasteiger partial charge in [-0.05, 0) is 49.8 Å². The summed E-state index contributed by atoms with van der Waals surface area (Å²) < 4.78 is 15.8. The van der Waals surface area contributed by atoms with Crippen LogP contribution in [-0.2, 0) is 10.5 Å². The highest BCUT2D eigenvalue weighted by molar-refractivity contribution is 8.13. The number of amides is 1. The molecule has 0 bridgehead atoms. The number of carbonyl (C=O) groups excluding carboxylic acids is 1. The maximum absolute atomic E-state index is 13.4. The zero-order chi connectivity index (χ0) is 22.7. The number of aryl methyl sites for hydroxylation is 2. The van der Waals surface area contributed by atoms with Crippen molar-refractivity contribution in [2.24, 2.45) is 4.99 Å². The Morgan fingerprint density at radius 3 is 2.47 bits per heavy atom. The Labute approximate surface area is 190 Å². The minimum Gasteiger partial charge on any atom is -0.497 e. The highest BCUT2D eigenvalue weighted by Gasteiger charge is 2.32. The first-order valence-electron chi connectivity index (χ1n) is 9.97.